The highest BCUT2D eigenvalue weighted by molar-refractivity contribution is 8.14. The van der Waals surface area contributed by atoms with Crippen LogP contribution in [-0.2, 0) is 0 Å². The van der Waals surface area contributed by atoms with Crippen LogP contribution in [0.1, 0.15) is 6.42 Å². The van der Waals surface area contributed by atoms with Gasteiger partial charge in [-0.2, -0.15) is 175 Å². The summed E-state index contributed by atoms with van der Waals surface area (Å²) in [6.45, 7) is 0. The van der Waals surface area contributed by atoms with Crippen LogP contribution in [0.2, 0.25) is 0 Å². The van der Waals surface area contributed by atoms with E-state index in [1.54, 1.807) is 0 Å². The van der Waals surface area contributed by atoms with E-state index in [4.69, 9.17) is 75.8 Å². The quantitative estimate of drug-likeness (QED) is 0.0390. The Labute approximate surface area is 330 Å². The minimum atomic E-state index is 0.177. The highest BCUT2D eigenvalue weighted by Gasteiger charge is 2.43. The van der Waals surface area contributed by atoms with Crippen LogP contribution in [0.3, 0.4) is 0 Å². The van der Waals surface area contributed by atoms with Gasteiger partial charge in [0.05, 0.1) is 0 Å². The highest BCUT2D eigenvalue weighted by Crippen LogP contribution is 2.46. The largest absolute Gasteiger partial charge is 0.178 e. The summed E-state index contributed by atoms with van der Waals surface area (Å²) in [5.74, 6) is 3.33. The Kier molecular flexibility index (Phi) is 28.1. The molecular formula is C21H42S18. The summed E-state index contributed by atoms with van der Waals surface area (Å²) in [5.41, 5.74) is 0. The van der Waals surface area contributed by atoms with Crippen molar-refractivity contribution in [3.05, 3.63) is 0 Å². The third-order valence-electron chi connectivity index (χ3n) is 6.09. The zero-order chi connectivity index (χ0) is 29.5. The molecular weight excluding hydrogens is 829 g/mol. The topological polar surface area (TPSA) is 0 Å². The summed E-state index contributed by atoms with van der Waals surface area (Å²) in [7, 11) is 0. The predicted molar refractivity (Wildman–Crippen MR) is 242 cm³/mol. The fourth-order valence-corrected chi connectivity index (χ4v) is 19.3. The van der Waals surface area contributed by atoms with Crippen LogP contribution in [0.25, 0.3) is 0 Å². The first-order valence-corrected chi connectivity index (χ1v) is 25.2. The van der Waals surface area contributed by atoms with Crippen LogP contribution in [0.5, 0.6) is 0 Å². The zero-order valence-corrected chi connectivity index (χ0v) is 36.7. The van der Waals surface area contributed by atoms with Crippen molar-refractivity contribution in [2.24, 2.45) is 0 Å². The molecule has 1 rings (SSSR count). The molecule has 12 atom stereocenters. The van der Waals surface area contributed by atoms with Gasteiger partial charge in [-0.25, -0.2) is 0 Å². The van der Waals surface area contributed by atoms with Crippen LogP contribution in [0.15, 0.2) is 0 Å². The molecule has 0 N–H and O–H groups in total. The SMILES string of the molecule is SCSC(C(S)CS)C(SCS)C(S)CSC1C(S)CC(S)C1SCC(S)C(SCS)C(SCS)C(S)CS. The lowest BCUT2D eigenvalue weighted by Crippen LogP contribution is -2.39. The smallest absolute Gasteiger partial charge is 0.0365 e. The Bertz CT molecular complexity index is 567. The van der Waals surface area contributed by atoms with Crippen LogP contribution in [0.4, 0.5) is 0 Å². The molecule has 0 saturated heterocycles. The van der Waals surface area contributed by atoms with Crippen LogP contribution >= 0.6 is 222 Å². The molecule has 0 spiro atoms. The van der Waals surface area contributed by atoms with Crippen molar-refractivity contribution >= 4 is 222 Å². The number of hydrogen-bond donors (Lipinski definition) is 12. The molecule has 0 bridgehead atoms. The van der Waals surface area contributed by atoms with Crippen molar-refractivity contribution < 1.29 is 0 Å². The van der Waals surface area contributed by atoms with E-state index in [9.17, 15) is 0 Å². The molecule has 0 aromatic carbocycles. The Hall–Kier alpha value is 6.30. The van der Waals surface area contributed by atoms with Gasteiger partial charge in [0.25, 0.3) is 0 Å². The molecule has 0 aromatic rings. The van der Waals surface area contributed by atoms with Crippen molar-refractivity contribution in [3.63, 3.8) is 0 Å². The van der Waals surface area contributed by atoms with E-state index in [2.05, 4.69) is 75.8 Å². The second-order valence-electron chi connectivity index (χ2n) is 8.64. The molecule has 1 fully saturated rings. The maximum atomic E-state index is 5.12. The number of hydrogen-bond acceptors (Lipinski definition) is 18. The van der Waals surface area contributed by atoms with Gasteiger partial charge < -0.3 is 0 Å². The molecule has 0 amide bonds. The number of thioether (sulfide) groups is 6. The molecule has 0 heterocycles. The lowest BCUT2D eigenvalue weighted by molar-refractivity contribution is 0.774. The van der Waals surface area contributed by atoms with E-state index in [0.29, 0.717) is 42.0 Å². The van der Waals surface area contributed by atoms with Crippen molar-refractivity contribution in [1.82, 2.24) is 0 Å². The minimum Gasteiger partial charge on any atom is -0.178 e. The molecule has 1 aliphatic carbocycles. The molecule has 39 heavy (non-hydrogen) atoms. The third-order valence-corrected chi connectivity index (χ3v) is 22.3. The van der Waals surface area contributed by atoms with Gasteiger partial charge in [0.2, 0.25) is 0 Å². The number of rotatable bonds is 22. The average molecular weight is 872 g/mol. The van der Waals surface area contributed by atoms with Crippen molar-refractivity contribution in [1.29, 1.82) is 0 Å². The molecule has 0 aliphatic heterocycles. The maximum absolute atomic E-state index is 5.12. The summed E-state index contributed by atoms with van der Waals surface area (Å²) < 4.78 is 0. The molecule has 234 valence electrons. The highest BCUT2D eigenvalue weighted by atomic mass is 32.2. The molecule has 0 aromatic heterocycles. The summed E-state index contributed by atoms with van der Waals surface area (Å²) >= 11 is 68.4. The second-order valence-corrected chi connectivity index (χ2v) is 23.4. The summed E-state index contributed by atoms with van der Waals surface area (Å²) in [6.07, 6.45) is 1.01. The molecule has 1 aliphatic rings. The van der Waals surface area contributed by atoms with E-state index in [1.165, 1.54) is 0 Å². The Morgan fingerprint density at radius 2 is 0.769 bits per heavy atom. The summed E-state index contributed by atoms with van der Waals surface area (Å²) in [5, 5.41) is 6.42. The lowest BCUT2D eigenvalue weighted by atomic mass is 10.2. The first kappa shape index (κ1) is 43.3. The zero-order valence-electron chi connectivity index (χ0n) is 21.1. The Balaban J connectivity index is 2.92. The summed E-state index contributed by atoms with van der Waals surface area (Å²) in [4.78, 5) is 0. The normalized spacial score (nSPS) is 28.0. The molecule has 0 nitrogen and oxygen atoms in total. The van der Waals surface area contributed by atoms with Crippen LogP contribution in [0, 0.1) is 0 Å². The van der Waals surface area contributed by atoms with Gasteiger partial charge in [-0.3, -0.25) is 0 Å². The first-order chi connectivity index (χ1) is 18.6. The van der Waals surface area contributed by atoms with Gasteiger partial charge in [0.15, 0.2) is 0 Å². The Morgan fingerprint density at radius 1 is 0.487 bits per heavy atom. The molecule has 1 saturated carbocycles. The van der Waals surface area contributed by atoms with Gasteiger partial charge in [0.1, 0.15) is 0 Å². The van der Waals surface area contributed by atoms with Crippen LogP contribution in [-0.4, -0.2) is 106 Å². The van der Waals surface area contributed by atoms with E-state index in [-0.39, 0.29) is 21.0 Å². The minimum absolute atomic E-state index is 0.177. The average Bonchev–Trinajstić information content (AvgIpc) is 3.20. The van der Waals surface area contributed by atoms with Crippen molar-refractivity contribution in [2.75, 3.05) is 43.4 Å². The van der Waals surface area contributed by atoms with E-state index in [1.807, 2.05) is 70.6 Å². The lowest BCUT2D eigenvalue weighted by Gasteiger charge is -2.35. The fraction of sp³-hybridized carbons (Fsp3) is 1.00. The van der Waals surface area contributed by atoms with Gasteiger partial charge in [-0.05, 0) is 6.42 Å². The van der Waals surface area contributed by atoms with Crippen LogP contribution < -0.4 is 0 Å². The van der Waals surface area contributed by atoms with E-state index >= 15 is 0 Å². The molecule has 0 radical (unpaired) electrons. The van der Waals surface area contributed by atoms with Gasteiger partial charge >= 0.3 is 0 Å². The van der Waals surface area contributed by atoms with E-state index < -0.39 is 0 Å². The molecule has 12 unspecified atom stereocenters. The summed E-state index contributed by atoms with van der Waals surface area (Å²) in [6, 6.07) is 0. The van der Waals surface area contributed by atoms with Gasteiger partial charge in [-0.1, -0.05) is 0 Å². The standard InChI is InChI=1S/C21H42S18/c22-2-12(30)18(36-6-24)20(38-8-26)14(32)4-34-16-10(28)1-11(29)17(16)35-5-15(33)21(39-9-27)19(37-7-25)13(31)3-23/h10-33H,1-9H2. The first-order valence-electron chi connectivity index (χ1n) is 12.0. The van der Waals surface area contributed by atoms with Gasteiger partial charge in [-0.15, -0.1) is 47.0 Å². The predicted octanol–water partition coefficient (Wildman–Crippen LogP) is 8.20. The van der Waals surface area contributed by atoms with Crippen molar-refractivity contribution in [2.45, 2.75) is 69.4 Å². The van der Waals surface area contributed by atoms with E-state index in [0.717, 1.165) is 49.8 Å². The maximum Gasteiger partial charge on any atom is 0.0365 e. The van der Waals surface area contributed by atoms with Gasteiger partial charge in [0, 0.05) is 106 Å². The monoisotopic (exact) mass is 870 g/mol. The number of thiol groups is 12. The Morgan fingerprint density at radius 3 is 1.03 bits per heavy atom. The van der Waals surface area contributed by atoms with Crippen molar-refractivity contribution in [3.8, 4) is 0 Å². The fourth-order valence-electron chi connectivity index (χ4n) is 4.23. The molecule has 18 heteroatoms. The second kappa shape index (κ2) is 25.3. The third kappa shape index (κ3) is 15.2.